The van der Waals surface area contributed by atoms with Gasteiger partial charge in [0.15, 0.2) is 0 Å². The van der Waals surface area contributed by atoms with Crippen molar-refractivity contribution in [1.82, 2.24) is 9.97 Å². The van der Waals surface area contributed by atoms with Crippen LogP contribution in [0.5, 0.6) is 0 Å². The van der Waals surface area contributed by atoms with Crippen molar-refractivity contribution in [3.63, 3.8) is 0 Å². The van der Waals surface area contributed by atoms with Gasteiger partial charge in [0.25, 0.3) is 0 Å². The summed E-state index contributed by atoms with van der Waals surface area (Å²) in [5.74, 6) is 0. The van der Waals surface area contributed by atoms with E-state index in [2.05, 4.69) is 50.2 Å². The van der Waals surface area contributed by atoms with Crippen LogP contribution in [0.25, 0.3) is 22.5 Å². The molecule has 0 aliphatic heterocycles. The highest BCUT2D eigenvalue weighted by molar-refractivity contribution is 9.10. The van der Waals surface area contributed by atoms with Crippen molar-refractivity contribution < 1.29 is 0 Å². The molecule has 25 heavy (non-hydrogen) atoms. The number of aromatic nitrogens is 2. The molecule has 0 N–H and O–H groups in total. The minimum Gasteiger partial charge on any atom is -0.256 e. The smallest absolute Gasteiger partial charge is 0.106 e. The summed E-state index contributed by atoms with van der Waals surface area (Å²) in [6, 6.07) is 32.1. The maximum absolute atomic E-state index is 4.36. The third-order valence-corrected chi connectivity index (χ3v) is 3.96. The van der Waals surface area contributed by atoms with E-state index in [-0.39, 0.29) is 0 Å². The third-order valence-electron chi connectivity index (χ3n) is 3.52. The minimum absolute atomic E-state index is 0.869. The van der Waals surface area contributed by atoms with Crippen molar-refractivity contribution in [3.8, 4) is 22.5 Å². The van der Waals surface area contributed by atoms with E-state index >= 15 is 0 Å². The molecule has 2 nitrogen and oxygen atoms in total. The van der Waals surface area contributed by atoms with E-state index in [4.69, 9.17) is 0 Å². The third kappa shape index (κ3) is 5.10. The Morgan fingerprint density at radius 1 is 0.520 bits per heavy atom. The molecular weight excluding hydrogens is 372 g/mol. The fourth-order valence-corrected chi connectivity index (χ4v) is 2.66. The van der Waals surface area contributed by atoms with Gasteiger partial charge in [-0.25, -0.2) is 4.98 Å². The van der Waals surface area contributed by atoms with Gasteiger partial charge in [-0.2, -0.15) is 0 Å². The van der Waals surface area contributed by atoms with Gasteiger partial charge in [-0.1, -0.05) is 72.8 Å². The van der Waals surface area contributed by atoms with Crippen molar-refractivity contribution >= 4 is 15.9 Å². The van der Waals surface area contributed by atoms with Crippen LogP contribution in [0, 0.1) is 0 Å². The lowest BCUT2D eigenvalue weighted by Gasteiger charge is -1.99. The molecule has 4 aromatic rings. The van der Waals surface area contributed by atoms with Crippen LogP contribution in [-0.4, -0.2) is 9.97 Å². The fourth-order valence-electron chi connectivity index (χ4n) is 2.32. The molecule has 0 radical (unpaired) electrons. The van der Waals surface area contributed by atoms with E-state index in [0.717, 1.165) is 27.1 Å². The molecule has 2 heterocycles. The fraction of sp³-hybridized carbons (Fsp3) is 0. The number of benzene rings is 2. The number of hydrogen-bond acceptors (Lipinski definition) is 2. The molecule has 122 valence electrons. The van der Waals surface area contributed by atoms with Crippen molar-refractivity contribution in [1.29, 1.82) is 0 Å². The summed E-state index contributed by atoms with van der Waals surface area (Å²) in [5.41, 5.74) is 4.33. The maximum Gasteiger partial charge on any atom is 0.106 e. The number of rotatable bonds is 2. The number of hydrogen-bond donors (Lipinski definition) is 0. The second kappa shape index (κ2) is 8.90. The van der Waals surface area contributed by atoms with Gasteiger partial charge in [0.2, 0.25) is 0 Å². The van der Waals surface area contributed by atoms with E-state index in [1.165, 1.54) is 0 Å². The second-order valence-electron chi connectivity index (χ2n) is 5.29. The van der Waals surface area contributed by atoms with E-state index in [1.807, 2.05) is 79.0 Å². The van der Waals surface area contributed by atoms with E-state index in [9.17, 15) is 0 Å². The first kappa shape index (κ1) is 17.1. The number of pyridine rings is 2. The lowest BCUT2D eigenvalue weighted by molar-refractivity contribution is 1.28. The SMILES string of the molecule is Brc1cccc(-c2ccccc2)n1.c1ccc(-c2ccccn2)cc1. The molecule has 0 saturated heterocycles. The molecule has 0 unspecified atom stereocenters. The van der Waals surface area contributed by atoms with Crippen molar-refractivity contribution in [2.45, 2.75) is 0 Å². The van der Waals surface area contributed by atoms with Gasteiger partial charge in [-0.05, 0) is 40.2 Å². The maximum atomic E-state index is 4.36. The van der Waals surface area contributed by atoms with Crippen LogP contribution in [-0.2, 0) is 0 Å². The molecule has 0 amide bonds. The van der Waals surface area contributed by atoms with Gasteiger partial charge in [0.1, 0.15) is 4.60 Å². The summed E-state index contributed by atoms with van der Waals surface area (Å²) in [5, 5.41) is 0. The highest BCUT2D eigenvalue weighted by Gasteiger charge is 1.97. The summed E-state index contributed by atoms with van der Waals surface area (Å²) in [4.78, 5) is 8.61. The highest BCUT2D eigenvalue weighted by atomic mass is 79.9. The molecule has 2 aromatic heterocycles. The van der Waals surface area contributed by atoms with Crippen LogP contribution in [0.2, 0.25) is 0 Å². The summed E-state index contributed by atoms with van der Waals surface area (Å²) >= 11 is 3.35. The minimum atomic E-state index is 0.869. The van der Waals surface area contributed by atoms with E-state index in [1.54, 1.807) is 0 Å². The van der Waals surface area contributed by atoms with Crippen LogP contribution in [0.4, 0.5) is 0 Å². The first-order valence-corrected chi connectivity index (χ1v) is 8.77. The van der Waals surface area contributed by atoms with Gasteiger partial charge >= 0.3 is 0 Å². The standard InChI is InChI=1S/C11H8BrN.C11H9N/c12-11-8-4-7-10(13-11)9-5-2-1-3-6-9;1-2-6-10(7-3-1)11-8-4-5-9-12-11/h1-8H;1-9H. The molecule has 0 spiro atoms. The Bertz CT molecular complexity index is 857. The number of nitrogens with zero attached hydrogens (tertiary/aromatic N) is 2. The highest BCUT2D eigenvalue weighted by Crippen LogP contribution is 2.18. The largest absolute Gasteiger partial charge is 0.256 e. The van der Waals surface area contributed by atoms with Gasteiger partial charge in [0.05, 0.1) is 11.4 Å². The molecule has 0 saturated carbocycles. The Hall–Kier alpha value is -2.78. The molecule has 3 heteroatoms. The normalized spacial score (nSPS) is 9.80. The van der Waals surface area contributed by atoms with Crippen LogP contribution >= 0.6 is 15.9 Å². The van der Waals surface area contributed by atoms with E-state index in [0.29, 0.717) is 0 Å². The van der Waals surface area contributed by atoms with Crippen molar-refractivity contribution in [2.24, 2.45) is 0 Å². The molecule has 4 rings (SSSR count). The second-order valence-corrected chi connectivity index (χ2v) is 6.11. The predicted molar refractivity (Wildman–Crippen MR) is 107 cm³/mol. The van der Waals surface area contributed by atoms with Gasteiger partial charge in [-0.3, -0.25) is 4.98 Å². The molecule has 0 atom stereocenters. The van der Waals surface area contributed by atoms with Gasteiger partial charge in [0, 0.05) is 17.3 Å². The average molecular weight is 389 g/mol. The molecule has 2 aromatic carbocycles. The zero-order valence-electron chi connectivity index (χ0n) is 13.6. The monoisotopic (exact) mass is 388 g/mol. The topological polar surface area (TPSA) is 25.8 Å². The average Bonchev–Trinajstić information content (AvgIpc) is 2.71. The number of halogens is 1. The summed E-state index contributed by atoms with van der Waals surface area (Å²) in [7, 11) is 0. The summed E-state index contributed by atoms with van der Waals surface area (Å²) in [6.45, 7) is 0. The molecule has 0 aliphatic carbocycles. The zero-order valence-corrected chi connectivity index (χ0v) is 15.2. The zero-order chi connectivity index (χ0) is 17.3. The van der Waals surface area contributed by atoms with Crippen LogP contribution in [0.1, 0.15) is 0 Å². The lowest BCUT2D eigenvalue weighted by Crippen LogP contribution is -1.82. The summed E-state index contributed by atoms with van der Waals surface area (Å²) in [6.07, 6.45) is 1.81. The van der Waals surface area contributed by atoms with Gasteiger partial charge < -0.3 is 0 Å². The van der Waals surface area contributed by atoms with Crippen LogP contribution in [0.3, 0.4) is 0 Å². The Morgan fingerprint density at radius 3 is 1.64 bits per heavy atom. The Kier molecular flexibility index (Phi) is 6.07. The summed E-state index contributed by atoms with van der Waals surface area (Å²) < 4.78 is 0.869. The Labute approximate surface area is 156 Å². The molecular formula is C22H17BrN2. The van der Waals surface area contributed by atoms with Crippen LogP contribution in [0.15, 0.2) is 108 Å². The van der Waals surface area contributed by atoms with Gasteiger partial charge in [-0.15, -0.1) is 0 Å². The first-order valence-electron chi connectivity index (χ1n) is 7.97. The Morgan fingerprint density at radius 2 is 1.08 bits per heavy atom. The van der Waals surface area contributed by atoms with Crippen LogP contribution < -0.4 is 0 Å². The lowest BCUT2D eigenvalue weighted by atomic mass is 10.1. The van der Waals surface area contributed by atoms with Crippen molar-refractivity contribution in [2.75, 3.05) is 0 Å². The Balaban J connectivity index is 0.000000146. The van der Waals surface area contributed by atoms with E-state index < -0.39 is 0 Å². The quantitative estimate of drug-likeness (QED) is 0.378. The predicted octanol–water partition coefficient (Wildman–Crippen LogP) is 6.26. The molecule has 0 aliphatic rings. The molecule has 0 bridgehead atoms. The van der Waals surface area contributed by atoms with Crippen molar-refractivity contribution in [3.05, 3.63) is 108 Å². The molecule has 0 fully saturated rings. The first-order chi connectivity index (χ1) is 12.3.